The highest BCUT2D eigenvalue weighted by Crippen LogP contribution is 2.14. The van der Waals surface area contributed by atoms with E-state index in [0.29, 0.717) is 16.8 Å². The summed E-state index contributed by atoms with van der Waals surface area (Å²) in [5, 5.41) is 17.4. The molecule has 0 saturated heterocycles. The third kappa shape index (κ3) is 3.66. The molecule has 2 aromatic rings. The molecule has 2 N–H and O–H groups in total. The van der Waals surface area contributed by atoms with Crippen molar-refractivity contribution in [3.05, 3.63) is 69.8 Å². The number of nitrogens with zero attached hydrogens (tertiary/aromatic N) is 2. The van der Waals surface area contributed by atoms with Crippen molar-refractivity contribution in [2.24, 2.45) is 5.10 Å². The van der Waals surface area contributed by atoms with Crippen molar-refractivity contribution in [1.82, 2.24) is 5.43 Å². The quantitative estimate of drug-likeness (QED) is 0.503. The summed E-state index contributed by atoms with van der Waals surface area (Å²) in [5.41, 5.74) is 4.03. The third-order valence-corrected chi connectivity index (χ3v) is 2.90. The molecule has 0 radical (unpaired) electrons. The van der Waals surface area contributed by atoms with E-state index in [1.165, 1.54) is 18.3 Å². The molecule has 2 rings (SSSR count). The minimum absolute atomic E-state index is 0.0317. The Balaban J connectivity index is 2.07. The maximum Gasteiger partial charge on any atom is 0.273 e. The van der Waals surface area contributed by atoms with E-state index >= 15 is 0 Å². The van der Waals surface area contributed by atoms with Gasteiger partial charge in [-0.25, -0.2) is 5.43 Å². The normalized spacial score (nSPS) is 10.4. The van der Waals surface area contributed by atoms with Crippen molar-refractivity contribution in [3.63, 3.8) is 0 Å². The van der Waals surface area contributed by atoms with Gasteiger partial charge in [-0.3, -0.25) is 14.9 Å². The highest BCUT2D eigenvalue weighted by molar-refractivity contribution is 5.99. The van der Waals surface area contributed by atoms with Gasteiger partial charge < -0.3 is 5.32 Å². The molecule has 0 aliphatic heterocycles. The van der Waals surface area contributed by atoms with Gasteiger partial charge in [0, 0.05) is 30.4 Å². The fraction of sp³-hybridized carbons (Fsp3) is 0.0667. The Morgan fingerprint density at radius 1 is 1.23 bits per heavy atom. The standard InChI is InChI=1S/C15H14N4O3/c1-16-14-8-3-2-7-13(14)15(20)18-17-10-11-5-4-6-12(9-11)19(21)22/h2-10,16H,1H3,(H,18,20)/b17-10-. The van der Waals surface area contributed by atoms with E-state index in [9.17, 15) is 14.9 Å². The van der Waals surface area contributed by atoms with Crippen LogP contribution in [0.1, 0.15) is 15.9 Å². The number of hydrazone groups is 1. The van der Waals surface area contributed by atoms with Crippen LogP contribution >= 0.6 is 0 Å². The SMILES string of the molecule is CNc1ccccc1C(=O)N/N=C\c1cccc([N+](=O)[O-])c1. The molecule has 0 unspecified atom stereocenters. The van der Waals surface area contributed by atoms with E-state index in [-0.39, 0.29) is 11.6 Å². The van der Waals surface area contributed by atoms with Gasteiger partial charge >= 0.3 is 0 Å². The van der Waals surface area contributed by atoms with E-state index in [4.69, 9.17) is 0 Å². The van der Waals surface area contributed by atoms with Crippen molar-refractivity contribution in [1.29, 1.82) is 0 Å². The lowest BCUT2D eigenvalue weighted by Crippen LogP contribution is -2.18. The van der Waals surface area contributed by atoms with Gasteiger partial charge in [0.15, 0.2) is 0 Å². The van der Waals surface area contributed by atoms with Crippen LogP contribution in [0.2, 0.25) is 0 Å². The summed E-state index contributed by atoms with van der Waals surface area (Å²) < 4.78 is 0. The Hall–Kier alpha value is -3.22. The molecule has 0 bridgehead atoms. The minimum atomic E-state index is -0.487. The lowest BCUT2D eigenvalue weighted by Gasteiger charge is -2.06. The van der Waals surface area contributed by atoms with Crippen LogP contribution in [0, 0.1) is 10.1 Å². The largest absolute Gasteiger partial charge is 0.387 e. The Morgan fingerprint density at radius 2 is 2.00 bits per heavy atom. The van der Waals surface area contributed by atoms with Crippen LogP contribution in [-0.2, 0) is 0 Å². The maximum absolute atomic E-state index is 12.0. The summed E-state index contributed by atoms with van der Waals surface area (Å²) in [6.07, 6.45) is 1.35. The van der Waals surface area contributed by atoms with Crippen LogP contribution in [0.4, 0.5) is 11.4 Å². The molecule has 0 fully saturated rings. The van der Waals surface area contributed by atoms with E-state index in [2.05, 4.69) is 15.8 Å². The lowest BCUT2D eigenvalue weighted by atomic mass is 10.1. The van der Waals surface area contributed by atoms with Crippen molar-refractivity contribution in [2.75, 3.05) is 12.4 Å². The molecular weight excluding hydrogens is 284 g/mol. The number of carbonyl (C=O) groups excluding carboxylic acids is 1. The van der Waals surface area contributed by atoms with E-state index in [1.807, 2.05) is 6.07 Å². The summed E-state index contributed by atoms with van der Waals surface area (Å²) >= 11 is 0. The number of hydrogen-bond donors (Lipinski definition) is 2. The molecule has 1 amide bonds. The van der Waals surface area contributed by atoms with Gasteiger partial charge in [0.05, 0.1) is 16.7 Å². The van der Waals surface area contributed by atoms with Gasteiger partial charge in [0.2, 0.25) is 0 Å². The van der Waals surface area contributed by atoms with Gasteiger partial charge in [-0.15, -0.1) is 0 Å². The summed E-state index contributed by atoms with van der Waals surface area (Å²) in [6, 6.07) is 13.0. The topological polar surface area (TPSA) is 96.6 Å². The number of rotatable bonds is 5. The highest BCUT2D eigenvalue weighted by atomic mass is 16.6. The average Bonchev–Trinajstić information content (AvgIpc) is 2.55. The van der Waals surface area contributed by atoms with Gasteiger partial charge in [0.1, 0.15) is 0 Å². The average molecular weight is 298 g/mol. The molecule has 2 aromatic carbocycles. The molecule has 7 nitrogen and oxygen atoms in total. The number of para-hydroxylation sites is 1. The fourth-order valence-electron chi connectivity index (χ4n) is 1.84. The molecule has 112 valence electrons. The van der Waals surface area contributed by atoms with Gasteiger partial charge in [-0.05, 0) is 12.1 Å². The first kappa shape index (κ1) is 15.2. The number of carbonyl (C=O) groups is 1. The number of benzene rings is 2. The van der Waals surface area contributed by atoms with Gasteiger partial charge in [0.25, 0.3) is 11.6 Å². The Labute approximate surface area is 126 Å². The van der Waals surface area contributed by atoms with Crippen molar-refractivity contribution < 1.29 is 9.72 Å². The minimum Gasteiger partial charge on any atom is -0.387 e. The summed E-state index contributed by atoms with van der Waals surface area (Å²) in [5.74, 6) is -0.369. The first-order chi connectivity index (χ1) is 10.6. The van der Waals surface area contributed by atoms with Gasteiger partial charge in [-0.1, -0.05) is 24.3 Å². The number of nitro benzene ring substituents is 1. The molecule has 0 heterocycles. The van der Waals surface area contributed by atoms with Crippen molar-refractivity contribution in [3.8, 4) is 0 Å². The Bertz CT molecular complexity index is 728. The summed E-state index contributed by atoms with van der Waals surface area (Å²) in [6.45, 7) is 0. The number of amides is 1. The second kappa shape index (κ2) is 6.98. The second-order valence-corrected chi connectivity index (χ2v) is 4.35. The number of anilines is 1. The molecular formula is C15H14N4O3. The molecule has 0 aromatic heterocycles. The molecule has 0 spiro atoms. The van der Waals surface area contributed by atoms with Gasteiger partial charge in [-0.2, -0.15) is 5.10 Å². The van der Waals surface area contributed by atoms with E-state index in [1.54, 1.807) is 37.4 Å². The zero-order chi connectivity index (χ0) is 15.9. The highest BCUT2D eigenvalue weighted by Gasteiger charge is 2.08. The Kier molecular flexibility index (Phi) is 4.81. The van der Waals surface area contributed by atoms with Crippen LogP contribution in [0.25, 0.3) is 0 Å². The number of nitro groups is 1. The molecule has 22 heavy (non-hydrogen) atoms. The van der Waals surface area contributed by atoms with Crippen LogP contribution in [-0.4, -0.2) is 24.1 Å². The van der Waals surface area contributed by atoms with E-state index < -0.39 is 4.92 Å². The summed E-state index contributed by atoms with van der Waals surface area (Å²) in [7, 11) is 1.72. The number of hydrogen-bond acceptors (Lipinski definition) is 5. The molecule has 0 aliphatic rings. The van der Waals surface area contributed by atoms with Crippen LogP contribution in [0.3, 0.4) is 0 Å². The molecule has 0 saturated carbocycles. The molecule has 7 heteroatoms. The number of nitrogens with one attached hydrogen (secondary N) is 2. The Morgan fingerprint density at radius 3 is 2.73 bits per heavy atom. The fourth-order valence-corrected chi connectivity index (χ4v) is 1.84. The molecule has 0 atom stereocenters. The monoisotopic (exact) mass is 298 g/mol. The maximum atomic E-state index is 12.0. The van der Waals surface area contributed by atoms with Crippen molar-refractivity contribution in [2.45, 2.75) is 0 Å². The third-order valence-electron chi connectivity index (χ3n) is 2.90. The lowest BCUT2D eigenvalue weighted by molar-refractivity contribution is -0.384. The zero-order valence-electron chi connectivity index (χ0n) is 11.8. The summed E-state index contributed by atoms with van der Waals surface area (Å²) in [4.78, 5) is 22.2. The van der Waals surface area contributed by atoms with Crippen LogP contribution in [0.5, 0.6) is 0 Å². The first-order valence-electron chi connectivity index (χ1n) is 6.46. The predicted molar refractivity (Wildman–Crippen MR) is 84.1 cm³/mol. The number of non-ortho nitro benzene ring substituents is 1. The van der Waals surface area contributed by atoms with Crippen LogP contribution in [0.15, 0.2) is 53.6 Å². The van der Waals surface area contributed by atoms with E-state index in [0.717, 1.165) is 0 Å². The first-order valence-corrected chi connectivity index (χ1v) is 6.46. The van der Waals surface area contributed by atoms with Crippen molar-refractivity contribution >= 4 is 23.5 Å². The zero-order valence-corrected chi connectivity index (χ0v) is 11.8. The smallest absolute Gasteiger partial charge is 0.273 e. The predicted octanol–water partition coefficient (Wildman–Crippen LogP) is 2.40. The molecule has 0 aliphatic carbocycles. The second-order valence-electron chi connectivity index (χ2n) is 4.35. The van der Waals surface area contributed by atoms with Crippen LogP contribution < -0.4 is 10.7 Å².